The second-order valence-corrected chi connectivity index (χ2v) is 10.7. The van der Waals surface area contributed by atoms with Crippen LogP contribution in [0.2, 0.25) is 0 Å². The molecule has 0 saturated carbocycles. The number of carbonyl (C=O) groups excluding carboxylic acids is 2. The normalized spacial score (nSPS) is 17.2. The molecular weight excluding hydrogens is 522 g/mol. The minimum atomic E-state index is -1.37. The largest absolute Gasteiger partial charge is 0.444 e. The summed E-state index contributed by atoms with van der Waals surface area (Å²) >= 11 is 3.59. The summed E-state index contributed by atoms with van der Waals surface area (Å²) in [4.78, 5) is 26.7. The van der Waals surface area contributed by atoms with Gasteiger partial charge in [0.25, 0.3) is 0 Å². The molecule has 0 heterocycles. The summed E-state index contributed by atoms with van der Waals surface area (Å²) < 4.78 is 34.5. The number of rotatable bonds is 6. The van der Waals surface area contributed by atoms with Crippen molar-refractivity contribution in [2.45, 2.75) is 70.7 Å². The molecule has 9 heteroatoms. The molecule has 1 aliphatic rings. The molecule has 0 aliphatic heterocycles. The lowest BCUT2D eigenvalue weighted by molar-refractivity contribution is -0.120. The van der Waals surface area contributed by atoms with Gasteiger partial charge in [-0.25, -0.2) is 13.6 Å². The second kappa shape index (κ2) is 11.0. The summed E-state index contributed by atoms with van der Waals surface area (Å²) in [6.07, 6.45) is 0.315. The maximum absolute atomic E-state index is 13.9. The van der Waals surface area contributed by atoms with E-state index < -0.39 is 41.4 Å². The Labute approximate surface area is 212 Å². The molecule has 2 N–H and O–H groups in total. The molecule has 0 bridgehead atoms. The number of carbonyl (C=O) groups is 2. The lowest BCUT2D eigenvalue weighted by Gasteiger charge is -2.39. The van der Waals surface area contributed by atoms with E-state index in [1.165, 1.54) is 11.8 Å². The predicted octanol–water partition coefficient (Wildman–Crippen LogP) is 5.58. The topological polar surface area (TPSA) is 78.9 Å². The van der Waals surface area contributed by atoms with Gasteiger partial charge in [0.05, 0.1) is 24.7 Å². The van der Waals surface area contributed by atoms with Crippen LogP contribution in [0.5, 0.6) is 0 Å². The fourth-order valence-electron chi connectivity index (χ4n) is 4.43. The Morgan fingerprint density at radius 3 is 2.49 bits per heavy atom. The van der Waals surface area contributed by atoms with Crippen LogP contribution in [0, 0.1) is 11.6 Å². The number of aliphatic hydroxyl groups is 1. The first-order valence-corrected chi connectivity index (χ1v) is 12.3. The van der Waals surface area contributed by atoms with Crippen LogP contribution in [-0.2, 0) is 16.0 Å². The molecule has 0 aromatic heterocycles. The monoisotopic (exact) mass is 552 g/mol. The Bertz CT molecular complexity index is 1070. The molecule has 2 aromatic rings. The van der Waals surface area contributed by atoms with Gasteiger partial charge in [0.2, 0.25) is 5.91 Å². The lowest BCUT2D eigenvalue weighted by Crippen LogP contribution is -2.47. The number of halogens is 3. The van der Waals surface area contributed by atoms with E-state index in [0.717, 1.165) is 40.6 Å². The first-order chi connectivity index (χ1) is 16.4. The summed E-state index contributed by atoms with van der Waals surface area (Å²) in [5, 5.41) is 13.8. The molecule has 2 aromatic carbocycles. The number of nitrogens with zero attached hydrogens (tertiary/aromatic N) is 1. The molecule has 190 valence electrons. The van der Waals surface area contributed by atoms with E-state index in [1.54, 1.807) is 20.8 Å². The van der Waals surface area contributed by atoms with E-state index in [-0.39, 0.29) is 18.2 Å². The summed E-state index contributed by atoms with van der Waals surface area (Å²) in [6.45, 7) is 6.27. The zero-order valence-electron chi connectivity index (χ0n) is 20.3. The van der Waals surface area contributed by atoms with E-state index in [4.69, 9.17) is 4.74 Å². The van der Waals surface area contributed by atoms with Crippen LogP contribution in [-0.4, -0.2) is 40.3 Å². The third-order valence-corrected chi connectivity index (χ3v) is 6.54. The maximum atomic E-state index is 13.9. The zero-order chi connectivity index (χ0) is 25.9. The van der Waals surface area contributed by atoms with Crippen LogP contribution < -0.4 is 5.32 Å². The lowest BCUT2D eigenvalue weighted by atomic mass is 9.86. The molecule has 3 atom stereocenters. The van der Waals surface area contributed by atoms with Gasteiger partial charge >= 0.3 is 6.09 Å². The SMILES string of the molecule is CC(=O)NC(c1cc(F)cc(F)c1)[C@H](O)CN(C(=O)OC(C)(C)C)[C@H]1CCCc2c(Br)cccc21. The second-order valence-electron chi connectivity index (χ2n) is 9.80. The van der Waals surface area contributed by atoms with Crippen LogP contribution in [0.25, 0.3) is 0 Å². The number of hydrogen-bond donors (Lipinski definition) is 2. The Hall–Kier alpha value is -2.52. The molecule has 2 amide bonds. The van der Waals surface area contributed by atoms with Crippen molar-refractivity contribution in [3.05, 3.63) is 69.2 Å². The zero-order valence-corrected chi connectivity index (χ0v) is 21.9. The number of benzene rings is 2. The van der Waals surface area contributed by atoms with Crippen LogP contribution >= 0.6 is 15.9 Å². The highest BCUT2D eigenvalue weighted by atomic mass is 79.9. The molecular formula is C26H31BrF2N2O4. The summed E-state index contributed by atoms with van der Waals surface area (Å²) in [5.74, 6) is -2.16. The highest BCUT2D eigenvalue weighted by Crippen LogP contribution is 2.39. The number of nitrogens with one attached hydrogen (secondary N) is 1. The fraction of sp³-hybridized carbons (Fsp3) is 0.462. The van der Waals surface area contributed by atoms with Crippen molar-refractivity contribution in [2.75, 3.05) is 6.54 Å². The Kier molecular flexibility index (Phi) is 8.54. The van der Waals surface area contributed by atoms with E-state index in [9.17, 15) is 23.5 Å². The van der Waals surface area contributed by atoms with Gasteiger partial charge in [0.15, 0.2) is 0 Å². The molecule has 0 saturated heterocycles. The van der Waals surface area contributed by atoms with E-state index in [1.807, 2.05) is 18.2 Å². The molecule has 6 nitrogen and oxygen atoms in total. The molecule has 0 spiro atoms. The fourth-order valence-corrected chi connectivity index (χ4v) is 5.01. The van der Waals surface area contributed by atoms with Crippen molar-refractivity contribution in [3.63, 3.8) is 0 Å². The number of aliphatic hydroxyl groups excluding tert-OH is 1. The van der Waals surface area contributed by atoms with Gasteiger partial charge in [-0.2, -0.15) is 0 Å². The summed E-state index contributed by atoms with van der Waals surface area (Å²) in [5.41, 5.74) is 1.30. The maximum Gasteiger partial charge on any atom is 0.410 e. The van der Waals surface area contributed by atoms with Gasteiger partial charge in [-0.1, -0.05) is 28.1 Å². The van der Waals surface area contributed by atoms with Crippen molar-refractivity contribution >= 4 is 27.9 Å². The van der Waals surface area contributed by atoms with Crippen LogP contribution in [0.4, 0.5) is 13.6 Å². The van der Waals surface area contributed by atoms with Gasteiger partial charge in [-0.3, -0.25) is 9.69 Å². The minimum Gasteiger partial charge on any atom is -0.444 e. The molecule has 1 aliphatic carbocycles. The van der Waals surface area contributed by atoms with Gasteiger partial charge < -0.3 is 15.2 Å². The molecule has 3 rings (SSSR count). The molecule has 1 unspecified atom stereocenters. The standard InChI is InChI=1S/C26H31BrF2N2O4/c1-15(32)30-24(16-11-17(28)13-18(29)12-16)23(33)14-31(25(34)35-26(2,3)4)22-10-6-7-19-20(22)8-5-9-21(19)27/h5,8-9,11-13,22-24,33H,6-7,10,14H2,1-4H3,(H,30,32)/t22-,23+,24?/m0/s1. The third kappa shape index (κ3) is 7.01. The minimum absolute atomic E-state index is 0.0566. The number of hydrogen-bond acceptors (Lipinski definition) is 4. The van der Waals surface area contributed by atoms with Crippen molar-refractivity contribution in [1.29, 1.82) is 0 Å². The van der Waals surface area contributed by atoms with Crippen molar-refractivity contribution < 1.29 is 28.2 Å². The van der Waals surface area contributed by atoms with Gasteiger partial charge in [-0.05, 0) is 74.9 Å². The van der Waals surface area contributed by atoms with Crippen LogP contribution in [0.3, 0.4) is 0 Å². The quantitative estimate of drug-likeness (QED) is 0.490. The Morgan fingerprint density at radius 2 is 1.89 bits per heavy atom. The van der Waals surface area contributed by atoms with Crippen molar-refractivity contribution in [1.82, 2.24) is 10.2 Å². The van der Waals surface area contributed by atoms with Crippen LogP contribution in [0.1, 0.15) is 69.3 Å². The first kappa shape index (κ1) is 27.1. The van der Waals surface area contributed by atoms with Crippen LogP contribution in [0.15, 0.2) is 40.9 Å². The highest BCUT2D eigenvalue weighted by Gasteiger charge is 2.36. The van der Waals surface area contributed by atoms with Crippen molar-refractivity contribution in [2.24, 2.45) is 0 Å². The van der Waals surface area contributed by atoms with E-state index >= 15 is 0 Å². The molecule has 35 heavy (non-hydrogen) atoms. The van der Waals surface area contributed by atoms with Gasteiger partial charge in [0, 0.05) is 17.5 Å². The average molecular weight is 553 g/mol. The number of ether oxygens (including phenoxy) is 1. The summed E-state index contributed by atoms with van der Waals surface area (Å²) in [6, 6.07) is 7.07. The smallest absolute Gasteiger partial charge is 0.410 e. The van der Waals surface area contributed by atoms with Crippen molar-refractivity contribution in [3.8, 4) is 0 Å². The number of amides is 2. The summed E-state index contributed by atoms with van der Waals surface area (Å²) in [7, 11) is 0. The first-order valence-electron chi connectivity index (χ1n) is 11.5. The van der Waals surface area contributed by atoms with Gasteiger partial charge in [0.1, 0.15) is 17.2 Å². The molecule has 0 fully saturated rings. The highest BCUT2D eigenvalue weighted by molar-refractivity contribution is 9.10. The average Bonchev–Trinajstić information content (AvgIpc) is 2.73. The molecule has 0 radical (unpaired) electrons. The third-order valence-electron chi connectivity index (χ3n) is 5.79. The Morgan fingerprint density at radius 1 is 1.23 bits per heavy atom. The predicted molar refractivity (Wildman–Crippen MR) is 132 cm³/mol. The van der Waals surface area contributed by atoms with E-state index in [2.05, 4.69) is 21.2 Å². The number of fused-ring (bicyclic) bond motifs is 1. The Balaban J connectivity index is 2.00. The van der Waals surface area contributed by atoms with Gasteiger partial charge in [-0.15, -0.1) is 0 Å². The van der Waals surface area contributed by atoms with E-state index in [0.29, 0.717) is 12.5 Å².